The zero-order valence-corrected chi connectivity index (χ0v) is 35.1. The second kappa shape index (κ2) is 16.4. The van der Waals surface area contributed by atoms with Crippen molar-refractivity contribution < 1.29 is 50.2 Å². The van der Waals surface area contributed by atoms with E-state index in [0.717, 1.165) is 25.7 Å². The summed E-state index contributed by atoms with van der Waals surface area (Å²) in [6.07, 6.45) is 2.69. The molecule has 4 aliphatic rings. The van der Waals surface area contributed by atoms with Gasteiger partial charge in [-0.2, -0.15) is 13.2 Å². The number of amides is 5. The number of allylic oxidation sites excluding steroid dienone is 1. The molecule has 3 heterocycles. The van der Waals surface area contributed by atoms with E-state index in [1.807, 2.05) is 37.4 Å². The van der Waals surface area contributed by atoms with Crippen molar-refractivity contribution in [2.24, 2.45) is 17.8 Å². The summed E-state index contributed by atoms with van der Waals surface area (Å²) >= 11 is 0. The molecule has 0 unspecified atom stereocenters. The molecule has 14 nitrogen and oxygen atoms in total. The van der Waals surface area contributed by atoms with E-state index in [4.69, 9.17) is 9.47 Å². The number of nitrogens with zero attached hydrogens (tertiary/aromatic N) is 2. The fourth-order valence-corrected chi connectivity index (χ4v) is 9.16. The minimum Gasteiger partial charge on any atom is -0.491 e. The molecule has 18 heteroatoms. The second-order valence-electron chi connectivity index (χ2n) is 17.5. The third-order valence-electron chi connectivity index (χ3n) is 12.1. The lowest BCUT2D eigenvalue weighted by Gasteiger charge is -2.34. The predicted octanol–water partition coefficient (Wildman–Crippen LogP) is 5.27. The molecule has 2 aliphatic heterocycles. The number of nitrogens with one attached hydrogen (secondary N) is 4. The van der Waals surface area contributed by atoms with Crippen LogP contribution in [-0.4, -0.2) is 95.4 Å². The number of carbonyl (C=O) groups excluding carboxylic acids is 4. The monoisotopic (exact) mass is 848 g/mol. The van der Waals surface area contributed by atoms with Crippen molar-refractivity contribution in [1.29, 1.82) is 0 Å². The average Bonchev–Trinajstić information content (AvgIpc) is 4.04. The van der Waals surface area contributed by atoms with E-state index in [9.17, 15) is 40.8 Å². The van der Waals surface area contributed by atoms with Crippen molar-refractivity contribution in [3.8, 4) is 11.6 Å². The molecule has 324 valence electrons. The minimum absolute atomic E-state index is 0.0166. The second-order valence-corrected chi connectivity index (χ2v) is 19.7. The number of benzene rings is 1. The van der Waals surface area contributed by atoms with Gasteiger partial charge in [0.1, 0.15) is 35.0 Å². The van der Waals surface area contributed by atoms with E-state index in [-0.39, 0.29) is 31.2 Å². The van der Waals surface area contributed by atoms with Crippen LogP contribution >= 0.6 is 0 Å². The summed E-state index contributed by atoms with van der Waals surface area (Å²) in [6, 6.07) is 3.39. The van der Waals surface area contributed by atoms with Gasteiger partial charge in [-0.1, -0.05) is 51.1 Å². The Kier molecular flexibility index (Phi) is 12.3. The normalized spacial score (nSPS) is 29.1. The standard InChI is InChI=1S/C41H55F3N6O8S/c1-7-18-57-31-22-45-34(29-15-11-10-14-28(29)31)58-27-20-30-33(51)47-40(36(53)49-59(55,56)39(6)16-17-39)21-26(40)13-9-8-12-24(2)19-25(3)32(35(52)50(30)23-27)46-37(54)48-38(4,5)41(42,43)44/h9-11,13-15,22,24-27,30,32H,7-8,12,16-21,23H2,1-6H3,(H,47,51)(H,49,53)(H2,46,48,54)/b13-9-/t24-,25+,26+,27+,30-,32-,40+/m0/s1. The van der Waals surface area contributed by atoms with Gasteiger partial charge in [0.15, 0.2) is 0 Å². The first kappa shape index (κ1) is 44.0. The molecule has 6 rings (SSSR count). The van der Waals surface area contributed by atoms with Gasteiger partial charge in [0.2, 0.25) is 27.7 Å². The van der Waals surface area contributed by atoms with Gasteiger partial charge in [0.05, 0.1) is 24.1 Å². The fourth-order valence-electron chi connectivity index (χ4n) is 7.85. The number of carbonyl (C=O) groups is 4. The van der Waals surface area contributed by atoms with Crippen molar-refractivity contribution in [2.45, 2.75) is 133 Å². The van der Waals surface area contributed by atoms with Gasteiger partial charge in [0.25, 0.3) is 5.91 Å². The van der Waals surface area contributed by atoms with Crippen LogP contribution in [-0.2, 0) is 24.4 Å². The Morgan fingerprint density at radius 1 is 1.08 bits per heavy atom. The van der Waals surface area contributed by atoms with Crippen LogP contribution in [0.2, 0.25) is 0 Å². The first-order valence-corrected chi connectivity index (χ1v) is 21.8. The Labute approximate surface area is 342 Å². The number of fused-ring (bicyclic) bond motifs is 3. The maximum Gasteiger partial charge on any atom is 0.411 e. The molecule has 1 aromatic carbocycles. The number of urea groups is 1. The quantitative estimate of drug-likeness (QED) is 0.232. The Bertz CT molecular complexity index is 2090. The summed E-state index contributed by atoms with van der Waals surface area (Å²) in [5.74, 6) is -2.78. The van der Waals surface area contributed by atoms with Gasteiger partial charge >= 0.3 is 12.2 Å². The van der Waals surface area contributed by atoms with E-state index < -0.39 is 85.8 Å². The predicted molar refractivity (Wildman–Crippen MR) is 213 cm³/mol. The van der Waals surface area contributed by atoms with Crippen LogP contribution in [0.25, 0.3) is 10.8 Å². The smallest absolute Gasteiger partial charge is 0.411 e. The first-order valence-electron chi connectivity index (χ1n) is 20.3. The molecule has 7 atom stereocenters. The van der Waals surface area contributed by atoms with Crippen LogP contribution < -0.4 is 30.1 Å². The molecule has 3 fully saturated rings. The minimum atomic E-state index is -4.80. The third kappa shape index (κ3) is 9.26. The number of halogens is 3. The van der Waals surface area contributed by atoms with E-state index in [1.165, 1.54) is 11.1 Å². The Hall–Kier alpha value is -4.61. The van der Waals surface area contributed by atoms with Crippen LogP contribution in [0.3, 0.4) is 0 Å². The van der Waals surface area contributed by atoms with Crippen molar-refractivity contribution >= 4 is 44.5 Å². The van der Waals surface area contributed by atoms with Crippen LogP contribution in [0.1, 0.15) is 92.9 Å². The number of ether oxygens (including phenoxy) is 2. The summed E-state index contributed by atoms with van der Waals surface area (Å²) in [5, 5.41) is 8.60. The molecule has 5 amide bonds. The summed E-state index contributed by atoms with van der Waals surface area (Å²) in [7, 11) is -4.07. The number of pyridine rings is 1. The number of sulfonamides is 1. The first-order chi connectivity index (χ1) is 27.6. The summed E-state index contributed by atoms with van der Waals surface area (Å²) < 4.78 is 81.3. The fraction of sp³-hybridized carbons (Fsp3) is 0.634. The molecule has 1 saturated heterocycles. The van der Waals surface area contributed by atoms with Crippen molar-refractivity contribution in [2.75, 3.05) is 13.2 Å². The van der Waals surface area contributed by atoms with E-state index in [0.29, 0.717) is 49.8 Å². The van der Waals surface area contributed by atoms with Crippen LogP contribution in [0, 0.1) is 17.8 Å². The van der Waals surface area contributed by atoms with Crippen molar-refractivity contribution in [1.82, 2.24) is 30.6 Å². The highest BCUT2D eigenvalue weighted by atomic mass is 32.2. The summed E-state index contributed by atoms with van der Waals surface area (Å²) in [4.78, 5) is 62.3. The molecule has 2 saturated carbocycles. The number of aromatic nitrogens is 1. The van der Waals surface area contributed by atoms with Gasteiger partial charge in [0, 0.05) is 23.1 Å². The van der Waals surface area contributed by atoms with Crippen LogP contribution in [0.4, 0.5) is 18.0 Å². The number of rotatable bonds is 10. The molecule has 4 N–H and O–H groups in total. The SMILES string of the molecule is CCCOc1cnc(O[C@@H]2C[C@H]3C(=O)N[C@]4(C(=O)NS(=O)(=O)C5(C)CC5)C[C@H]4/C=C\CC[C@H](C)C[C@@H](C)[C@H](NC(=O)NC(C)(C)C(F)(F)F)C(=O)N3C2)c2ccccc12. The highest BCUT2D eigenvalue weighted by Crippen LogP contribution is 2.48. The van der Waals surface area contributed by atoms with E-state index >= 15 is 0 Å². The molecule has 0 bridgehead atoms. The van der Waals surface area contributed by atoms with Gasteiger partial charge < -0.3 is 30.3 Å². The van der Waals surface area contributed by atoms with Gasteiger partial charge in [-0.15, -0.1) is 0 Å². The Balaban J connectivity index is 1.35. The molecule has 0 radical (unpaired) electrons. The highest BCUT2D eigenvalue weighted by molar-refractivity contribution is 7.91. The molecule has 2 aliphatic carbocycles. The lowest BCUT2D eigenvalue weighted by Crippen LogP contribution is -2.62. The average molecular weight is 849 g/mol. The lowest BCUT2D eigenvalue weighted by atomic mass is 9.88. The van der Waals surface area contributed by atoms with E-state index in [1.54, 1.807) is 32.1 Å². The third-order valence-corrected chi connectivity index (χ3v) is 14.3. The number of hydrogen-bond acceptors (Lipinski definition) is 9. The van der Waals surface area contributed by atoms with Crippen LogP contribution in [0.5, 0.6) is 11.6 Å². The van der Waals surface area contributed by atoms with Crippen molar-refractivity contribution in [3.05, 3.63) is 42.6 Å². The molecular formula is C41H55F3N6O8S. The summed E-state index contributed by atoms with van der Waals surface area (Å²) in [5.41, 5.74) is -4.27. The molecular weight excluding hydrogens is 794 g/mol. The lowest BCUT2D eigenvalue weighted by molar-refractivity contribution is -0.182. The van der Waals surface area contributed by atoms with Gasteiger partial charge in [-0.05, 0) is 83.6 Å². The molecule has 1 aromatic heterocycles. The molecule has 59 heavy (non-hydrogen) atoms. The zero-order chi connectivity index (χ0) is 43.1. The number of hydrogen-bond donors (Lipinski definition) is 4. The van der Waals surface area contributed by atoms with Gasteiger partial charge in [-0.25, -0.2) is 18.2 Å². The maximum atomic E-state index is 14.8. The highest BCUT2D eigenvalue weighted by Gasteiger charge is 2.63. The van der Waals surface area contributed by atoms with Gasteiger partial charge in [-0.3, -0.25) is 19.1 Å². The summed E-state index contributed by atoms with van der Waals surface area (Å²) in [6.45, 7) is 9.08. The maximum absolute atomic E-state index is 14.8. The Morgan fingerprint density at radius 2 is 1.78 bits per heavy atom. The molecule has 2 aromatic rings. The molecule has 0 spiro atoms. The van der Waals surface area contributed by atoms with Crippen molar-refractivity contribution in [3.63, 3.8) is 0 Å². The Morgan fingerprint density at radius 3 is 2.44 bits per heavy atom. The topological polar surface area (TPSA) is 185 Å². The zero-order valence-electron chi connectivity index (χ0n) is 34.3. The number of alkyl halides is 3. The largest absolute Gasteiger partial charge is 0.491 e. The van der Waals surface area contributed by atoms with Crippen LogP contribution in [0.15, 0.2) is 42.6 Å². The van der Waals surface area contributed by atoms with E-state index in [2.05, 4.69) is 20.3 Å².